The largest absolute Gasteiger partial charge is 0.311 e. The van der Waals surface area contributed by atoms with Gasteiger partial charge in [0.05, 0.1) is 16.3 Å². The predicted octanol–water partition coefficient (Wildman–Crippen LogP) is 5.35. The molecule has 1 aliphatic carbocycles. The van der Waals surface area contributed by atoms with E-state index in [1.807, 2.05) is 34.9 Å². The zero-order valence-electron chi connectivity index (χ0n) is 16.2. The van der Waals surface area contributed by atoms with E-state index in [1.54, 1.807) is 11.3 Å². The molecular weight excluding hydrogens is 420 g/mol. The Balaban J connectivity index is 1.35. The van der Waals surface area contributed by atoms with E-state index in [-0.39, 0.29) is 5.91 Å². The van der Waals surface area contributed by atoms with Gasteiger partial charge in [0.1, 0.15) is 0 Å². The van der Waals surface area contributed by atoms with Crippen molar-refractivity contribution < 1.29 is 4.79 Å². The summed E-state index contributed by atoms with van der Waals surface area (Å²) in [5.74, 6) is 1.45. The number of benzene rings is 1. The fourth-order valence-electron chi connectivity index (χ4n) is 3.56. The van der Waals surface area contributed by atoms with Gasteiger partial charge in [0.2, 0.25) is 5.91 Å². The molecule has 0 saturated heterocycles. The molecule has 0 radical (unpaired) electrons. The van der Waals surface area contributed by atoms with Gasteiger partial charge < -0.3 is 4.90 Å². The van der Waals surface area contributed by atoms with E-state index < -0.39 is 0 Å². The van der Waals surface area contributed by atoms with Crippen molar-refractivity contribution in [3.05, 3.63) is 41.8 Å². The zero-order chi connectivity index (χ0) is 19.8. The number of carbonyl (C=O) groups is 1. The molecule has 29 heavy (non-hydrogen) atoms. The SMILES string of the molecule is C[C@H]1CCN(C(=O)CSc2nnc(-c3cccs3)n2C2CC2)c2ccccc2S1. The first-order valence-corrected chi connectivity index (χ1v) is 12.6. The Morgan fingerprint density at radius 3 is 2.83 bits per heavy atom. The van der Waals surface area contributed by atoms with Gasteiger partial charge in [-0.05, 0) is 42.8 Å². The standard InChI is InChI=1S/C21H22N4OS3/c1-14-10-11-24(16-5-2-3-6-17(16)29-14)19(26)13-28-21-23-22-20(18-7-4-12-27-18)25(21)15-8-9-15/h2-7,12,14-15H,8-11,13H2,1H3/t14-/m0/s1. The number of anilines is 1. The Labute approximate surface area is 182 Å². The first-order valence-electron chi connectivity index (χ1n) is 9.88. The number of para-hydroxylation sites is 1. The smallest absolute Gasteiger partial charge is 0.237 e. The molecule has 5 rings (SSSR count). The highest BCUT2D eigenvalue weighted by Gasteiger charge is 2.31. The lowest BCUT2D eigenvalue weighted by Crippen LogP contribution is -2.33. The molecule has 2 aromatic heterocycles. The molecule has 0 N–H and O–H groups in total. The summed E-state index contributed by atoms with van der Waals surface area (Å²) < 4.78 is 2.23. The van der Waals surface area contributed by atoms with Gasteiger partial charge in [-0.25, -0.2) is 0 Å². The number of aromatic nitrogens is 3. The van der Waals surface area contributed by atoms with Crippen molar-refractivity contribution in [1.82, 2.24) is 14.8 Å². The third-order valence-electron chi connectivity index (χ3n) is 5.19. The normalized spacial score (nSPS) is 19.1. The third kappa shape index (κ3) is 3.98. The Bertz CT molecular complexity index is 1010. The van der Waals surface area contributed by atoms with Crippen molar-refractivity contribution in [2.75, 3.05) is 17.2 Å². The van der Waals surface area contributed by atoms with Crippen LogP contribution in [0, 0.1) is 0 Å². The van der Waals surface area contributed by atoms with Crippen molar-refractivity contribution in [2.24, 2.45) is 0 Å². The highest BCUT2D eigenvalue weighted by molar-refractivity contribution is 8.00. The van der Waals surface area contributed by atoms with Gasteiger partial charge in [-0.3, -0.25) is 9.36 Å². The molecule has 0 bridgehead atoms. The van der Waals surface area contributed by atoms with Crippen molar-refractivity contribution in [1.29, 1.82) is 0 Å². The van der Waals surface area contributed by atoms with Crippen LogP contribution in [0.1, 0.15) is 32.2 Å². The maximum absolute atomic E-state index is 13.2. The fourth-order valence-corrected chi connectivity index (χ4v) is 6.26. The van der Waals surface area contributed by atoms with Gasteiger partial charge >= 0.3 is 0 Å². The third-order valence-corrected chi connectivity index (χ3v) is 8.22. The van der Waals surface area contributed by atoms with Gasteiger partial charge in [-0.1, -0.05) is 36.9 Å². The Morgan fingerprint density at radius 1 is 1.17 bits per heavy atom. The number of carbonyl (C=O) groups excluding carboxylic acids is 1. The number of thioether (sulfide) groups is 2. The monoisotopic (exact) mass is 442 g/mol. The first-order chi connectivity index (χ1) is 14.2. The van der Waals surface area contributed by atoms with Crippen molar-refractivity contribution in [3.8, 4) is 10.7 Å². The van der Waals surface area contributed by atoms with Crippen LogP contribution in [0.25, 0.3) is 10.7 Å². The second-order valence-electron chi connectivity index (χ2n) is 7.40. The lowest BCUT2D eigenvalue weighted by atomic mass is 10.2. The molecule has 150 valence electrons. The number of nitrogens with zero attached hydrogens (tertiary/aromatic N) is 4. The van der Waals surface area contributed by atoms with Crippen LogP contribution >= 0.6 is 34.9 Å². The van der Waals surface area contributed by atoms with E-state index in [0.717, 1.165) is 47.4 Å². The zero-order valence-corrected chi connectivity index (χ0v) is 18.6. The summed E-state index contributed by atoms with van der Waals surface area (Å²) in [4.78, 5) is 17.4. The lowest BCUT2D eigenvalue weighted by Gasteiger charge is -2.22. The van der Waals surface area contributed by atoms with Crippen LogP contribution in [0.4, 0.5) is 5.69 Å². The molecule has 1 atom stereocenters. The molecule has 1 aromatic carbocycles. The highest BCUT2D eigenvalue weighted by atomic mass is 32.2. The minimum atomic E-state index is 0.139. The molecule has 3 aromatic rings. The minimum Gasteiger partial charge on any atom is -0.311 e. The summed E-state index contributed by atoms with van der Waals surface area (Å²) in [6, 6.07) is 12.8. The maximum atomic E-state index is 13.2. The van der Waals surface area contributed by atoms with Crippen LogP contribution < -0.4 is 4.90 Å². The van der Waals surface area contributed by atoms with E-state index in [0.29, 0.717) is 17.0 Å². The molecule has 5 nitrogen and oxygen atoms in total. The molecule has 0 unspecified atom stereocenters. The second kappa shape index (κ2) is 8.16. The van der Waals surface area contributed by atoms with Gasteiger partial charge in [0, 0.05) is 22.7 Å². The van der Waals surface area contributed by atoms with Crippen LogP contribution in [-0.4, -0.2) is 38.2 Å². The fraction of sp³-hybridized carbons (Fsp3) is 0.381. The molecule has 1 saturated carbocycles. The average Bonchev–Trinajstić information content (AvgIpc) is 3.29. The van der Waals surface area contributed by atoms with Crippen molar-refractivity contribution in [2.45, 2.75) is 47.5 Å². The van der Waals surface area contributed by atoms with Crippen LogP contribution in [0.5, 0.6) is 0 Å². The molecule has 1 amide bonds. The molecule has 1 fully saturated rings. The van der Waals surface area contributed by atoms with Gasteiger partial charge in [0.25, 0.3) is 0 Å². The number of rotatable bonds is 5. The first kappa shape index (κ1) is 19.2. The van der Waals surface area contributed by atoms with Gasteiger partial charge in [-0.15, -0.1) is 33.3 Å². The van der Waals surface area contributed by atoms with E-state index >= 15 is 0 Å². The number of hydrogen-bond acceptors (Lipinski definition) is 6. The summed E-state index contributed by atoms with van der Waals surface area (Å²) in [5.41, 5.74) is 1.04. The number of fused-ring (bicyclic) bond motifs is 1. The summed E-state index contributed by atoms with van der Waals surface area (Å²) in [6.07, 6.45) is 3.32. The summed E-state index contributed by atoms with van der Waals surface area (Å²) in [7, 11) is 0. The Kier molecular flexibility index (Phi) is 5.41. The maximum Gasteiger partial charge on any atom is 0.237 e. The quantitative estimate of drug-likeness (QED) is 0.499. The van der Waals surface area contributed by atoms with E-state index in [1.165, 1.54) is 16.7 Å². The average molecular weight is 443 g/mol. The summed E-state index contributed by atoms with van der Waals surface area (Å²) >= 11 is 5.05. The van der Waals surface area contributed by atoms with E-state index in [9.17, 15) is 4.79 Å². The van der Waals surface area contributed by atoms with E-state index in [2.05, 4.69) is 45.3 Å². The van der Waals surface area contributed by atoms with Crippen molar-refractivity contribution >= 4 is 46.5 Å². The van der Waals surface area contributed by atoms with E-state index in [4.69, 9.17) is 0 Å². The summed E-state index contributed by atoms with van der Waals surface area (Å²) in [6.45, 7) is 2.99. The highest BCUT2D eigenvalue weighted by Crippen LogP contribution is 2.42. The molecule has 0 spiro atoms. The molecule has 1 aliphatic heterocycles. The number of hydrogen-bond donors (Lipinski definition) is 0. The molecule has 3 heterocycles. The molecule has 2 aliphatic rings. The summed E-state index contributed by atoms with van der Waals surface area (Å²) in [5, 5.41) is 12.3. The van der Waals surface area contributed by atoms with Crippen LogP contribution in [0.15, 0.2) is 51.8 Å². The Hall–Kier alpha value is -1.77. The second-order valence-corrected chi connectivity index (χ2v) is 10.8. The topological polar surface area (TPSA) is 51.0 Å². The minimum absolute atomic E-state index is 0.139. The van der Waals surface area contributed by atoms with Gasteiger partial charge in [0.15, 0.2) is 11.0 Å². The van der Waals surface area contributed by atoms with Crippen LogP contribution in [0.3, 0.4) is 0 Å². The molecular formula is C21H22N4OS3. The van der Waals surface area contributed by atoms with Crippen LogP contribution in [-0.2, 0) is 4.79 Å². The predicted molar refractivity (Wildman–Crippen MR) is 121 cm³/mol. The molecule has 8 heteroatoms. The Morgan fingerprint density at radius 2 is 2.03 bits per heavy atom. The number of amides is 1. The van der Waals surface area contributed by atoms with Crippen LogP contribution in [0.2, 0.25) is 0 Å². The van der Waals surface area contributed by atoms with Gasteiger partial charge in [-0.2, -0.15) is 0 Å². The number of thiophene rings is 1. The van der Waals surface area contributed by atoms with Crippen molar-refractivity contribution in [3.63, 3.8) is 0 Å². The lowest BCUT2D eigenvalue weighted by molar-refractivity contribution is -0.116.